The number of rotatable bonds is 3. The summed E-state index contributed by atoms with van der Waals surface area (Å²) < 4.78 is 10.6. The fourth-order valence-electron chi connectivity index (χ4n) is 1.36. The zero-order valence-corrected chi connectivity index (χ0v) is 7.62. The van der Waals surface area contributed by atoms with Crippen LogP contribution in [-0.2, 0) is 11.2 Å². The Balaban J connectivity index is 2.28. The van der Waals surface area contributed by atoms with E-state index in [9.17, 15) is 0 Å². The molecule has 0 aliphatic rings. The van der Waals surface area contributed by atoms with Gasteiger partial charge in [0, 0.05) is 18.9 Å². The maximum atomic E-state index is 5.59. The van der Waals surface area contributed by atoms with E-state index in [1.807, 2.05) is 18.2 Å². The second-order valence-corrected chi connectivity index (χ2v) is 2.99. The molecule has 13 heavy (non-hydrogen) atoms. The van der Waals surface area contributed by atoms with Gasteiger partial charge in [0.25, 0.3) is 0 Å². The summed E-state index contributed by atoms with van der Waals surface area (Å²) in [5.41, 5.74) is 0.952. The molecule has 0 amide bonds. The summed E-state index contributed by atoms with van der Waals surface area (Å²) in [6.45, 7) is 0.708. The number of hydrogen-bond donors (Lipinski definition) is 0. The highest BCUT2D eigenvalue weighted by Crippen LogP contribution is 2.18. The molecular formula is C11H12O2. The molecule has 0 bridgehead atoms. The van der Waals surface area contributed by atoms with Crippen molar-refractivity contribution in [2.45, 2.75) is 6.42 Å². The minimum atomic E-state index is 0.708. The zero-order valence-electron chi connectivity index (χ0n) is 7.62. The highest BCUT2D eigenvalue weighted by molar-refractivity contribution is 5.77. The SMILES string of the molecule is COCCc1cc2ccccc2o1. The fourth-order valence-corrected chi connectivity index (χ4v) is 1.36. The average molecular weight is 176 g/mol. The van der Waals surface area contributed by atoms with Crippen LogP contribution in [0.25, 0.3) is 11.0 Å². The smallest absolute Gasteiger partial charge is 0.134 e. The number of para-hydroxylation sites is 1. The molecule has 2 nitrogen and oxygen atoms in total. The number of fused-ring (bicyclic) bond motifs is 1. The number of hydrogen-bond acceptors (Lipinski definition) is 2. The van der Waals surface area contributed by atoms with Crippen LogP contribution in [0.5, 0.6) is 0 Å². The van der Waals surface area contributed by atoms with Gasteiger partial charge >= 0.3 is 0 Å². The zero-order chi connectivity index (χ0) is 9.10. The van der Waals surface area contributed by atoms with Crippen LogP contribution in [-0.4, -0.2) is 13.7 Å². The molecule has 0 saturated heterocycles. The van der Waals surface area contributed by atoms with Crippen LogP contribution in [0.1, 0.15) is 5.76 Å². The van der Waals surface area contributed by atoms with E-state index in [2.05, 4.69) is 12.1 Å². The molecule has 0 fully saturated rings. The Hall–Kier alpha value is -1.28. The van der Waals surface area contributed by atoms with Crippen LogP contribution >= 0.6 is 0 Å². The highest BCUT2D eigenvalue weighted by atomic mass is 16.5. The summed E-state index contributed by atoms with van der Waals surface area (Å²) >= 11 is 0. The molecule has 0 atom stereocenters. The Kier molecular flexibility index (Phi) is 2.32. The van der Waals surface area contributed by atoms with E-state index >= 15 is 0 Å². The largest absolute Gasteiger partial charge is 0.461 e. The van der Waals surface area contributed by atoms with E-state index in [1.165, 1.54) is 0 Å². The molecule has 1 aromatic heterocycles. The van der Waals surface area contributed by atoms with Crippen molar-refractivity contribution in [3.05, 3.63) is 36.1 Å². The van der Waals surface area contributed by atoms with E-state index in [0.29, 0.717) is 6.61 Å². The lowest BCUT2D eigenvalue weighted by Gasteiger charge is -1.92. The molecule has 0 aliphatic heterocycles. The Morgan fingerprint density at radius 2 is 2.15 bits per heavy atom. The van der Waals surface area contributed by atoms with Crippen LogP contribution in [0.2, 0.25) is 0 Å². The van der Waals surface area contributed by atoms with Gasteiger partial charge in [-0.1, -0.05) is 18.2 Å². The predicted octanol–water partition coefficient (Wildman–Crippen LogP) is 2.62. The van der Waals surface area contributed by atoms with Gasteiger partial charge in [-0.3, -0.25) is 0 Å². The monoisotopic (exact) mass is 176 g/mol. The first-order chi connectivity index (χ1) is 6.40. The van der Waals surface area contributed by atoms with Crippen molar-refractivity contribution in [3.63, 3.8) is 0 Å². The predicted molar refractivity (Wildman–Crippen MR) is 51.8 cm³/mol. The second-order valence-electron chi connectivity index (χ2n) is 2.99. The third-order valence-electron chi connectivity index (χ3n) is 2.03. The maximum absolute atomic E-state index is 5.59. The van der Waals surface area contributed by atoms with Gasteiger partial charge in [-0.15, -0.1) is 0 Å². The van der Waals surface area contributed by atoms with Gasteiger partial charge in [-0.25, -0.2) is 0 Å². The van der Waals surface area contributed by atoms with Crippen molar-refractivity contribution >= 4 is 11.0 Å². The summed E-state index contributed by atoms with van der Waals surface area (Å²) in [6, 6.07) is 10.1. The van der Waals surface area contributed by atoms with Gasteiger partial charge < -0.3 is 9.15 Å². The van der Waals surface area contributed by atoms with E-state index in [-0.39, 0.29) is 0 Å². The lowest BCUT2D eigenvalue weighted by atomic mass is 10.2. The normalized spacial score (nSPS) is 10.8. The summed E-state index contributed by atoms with van der Waals surface area (Å²) in [7, 11) is 1.70. The number of benzene rings is 1. The lowest BCUT2D eigenvalue weighted by Crippen LogP contribution is -1.91. The molecule has 2 aromatic rings. The molecule has 1 aromatic carbocycles. The molecular weight excluding hydrogens is 164 g/mol. The standard InChI is InChI=1S/C11H12O2/c1-12-7-6-10-8-9-4-2-3-5-11(9)13-10/h2-5,8H,6-7H2,1H3. The Labute approximate surface area is 77.1 Å². The number of ether oxygens (including phenoxy) is 1. The topological polar surface area (TPSA) is 22.4 Å². The van der Waals surface area contributed by atoms with E-state index in [0.717, 1.165) is 23.2 Å². The first-order valence-electron chi connectivity index (χ1n) is 4.36. The Morgan fingerprint density at radius 1 is 1.31 bits per heavy atom. The lowest BCUT2D eigenvalue weighted by molar-refractivity contribution is 0.197. The van der Waals surface area contributed by atoms with E-state index in [4.69, 9.17) is 9.15 Å². The third kappa shape index (κ3) is 1.73. The van der Waals surface area contributed by atoms with Crippen molar-refractivity contribution in [2.75, 3.05) is 13.7 Å². The minimum absolute atomic E-state index is 0.708. The second kappa shape index (κ2) is 3.62. The van der Waals surface area contributed by atoms with E-state index in [1.54, 1.807) is 7.11 Å². The molecule has 2 rings (SSSR count). The first kappa shape index (κ1) is 8.32. The van der Waals surface area contributed by atoms with Gasteiger partial charge in [0.1, 0.15) is 11.3 Å². The van der Waals surface area contributed by atoms with Crippen LogP contribution < -0.4 is 0 Å². The molecule has 1 heterocycles. The molecule has 0 saturated carbocycles. The van der Waals surface area contributed by atoms with Crippen LogP contribution in [0, 0.1) is 0 Å². The van der Waals surface area contributed by atoms with E-state index < -0.39 is 0 Å². The average Bonchev–Trinajstić information content (AvgIpc) is 2.57. The van der Waals surface area contributed by atoms with Gasteiger partial charge in [0.05, 0.1) is 6.61 Å². The van der Waals surface area contributed by atoms with Gasteiger partial charge in [-0.05, 0) is 12.1 Å². The quantitative estimate of drug-likeness (QED) is 0.717. The summed E-state index contributed by atoms with van der Waals surface area (Å²) in [5, 5.41) is 1.16. The third-order valence-corrected chi connectivity index (χ3v) is 2.03. The van der Waals surface area contributed by atoms with Crippen LogP contribution in [0.3, 0.4) is 0 Å². The maximum Gasteiger partial charge on any atom is 0.134 e. The minimum Gasteiger partial charge on any atom is -0.461 e. The molecule has 0 spiro atoms. The number of furan rings is 1. The molecule has 68 valence electrons. The fraction of sp³-hybridized carbons (Fsp3) is 0.273. The van der Waals surface area contributed by atoms with Crippen molar-refractivity contribution in [2.24, 2.45) is 0 Å². The van der Waals surface area contributed by atoms with Crippen LogP contribution in [0.15, 0.2) is 34.7 Å². The van der Waals surface area contributed by atoms with Crippen molar-refractivity contribution in [3.8, 4) is 0 Å². The van der Waals surface area contributed by atoms with Crippen molar-refractivity contribution in [1.29, 1.82) is 0 Å². The molecule has 0 N–H and O–H groups in total. The molecule has 0 radical (unpaired) electrons. The summed E-state index contributed by atoms with van der Waals surface area (Å²) in [6.07, 6.45) is 0.838. The summed E-state index contributed by atoms with van der Waals surface area (Å²) in [5.74, 6) is 0.989. The highest BCUT2D eigenvalue weighted by Gasteiger charge is 2.01. The Bertz CT molecular complexity index is 357. The van der Waals surface area contributed by atoms with Crippen molar-refractivity contribution in [1.82, 2.24) is 0 Å². The molecule has 0 unspecified atom stereocenters. The van der Waals surface area contributed by atoms with Gasteiger partial charge in [-0.2, -0.15) is 0 Å². The van der Waals surface area contributed by atoms with Crippen LogP contribution in [0.4, 0.5) is 0 Å². The Morgan fingerprint density at radius 3 is 2.92 bits per heavy atom. The first-order valence-corrected chi connectivity index (χ1v) is 4.36. The summed E-state index contributed by atoms with van der Waals surface area (Å²) in [4.78, 5) is 0. The van der Waals surface area contributed by atoms with Gasteiger partial charge in [0.15, 0.2) is 0 Å². The molecule has 2 heteroatoms. The number of methoxy groups -OCH3 is 1. The van der Waals surface area contributed by atoms with Gasteiger partial charge in [0.2, 0.25) is 0 Å². The van der Waals surface area contributed by atoms with Crippen molar-refractivity contribution < 1.29 is 9.15 Å². The molecule has 0 aliphatic carbocycles.